The van der Waals surface area contributed by atoms with Crippen LogP contribution in [0, 0.1) is 0 Å². The molecule has 16 heavy (non-hydrogen) atoms. The zero-order valence-electron chi connectivity index (χ0n) is 8.68. The van der Waals surface area contributed by atoms with Gasteiger partial charge in [0.05, 0.1) is 17.9 Å². The minimum atomic E-state index is -2.46. The summed E-state index contributed by atoms with van der Waals surface area (Å²) in [4.78, 5) is 12.9. The maximum Gasteiger partial charge on any atom is 0.257 e. The third-order valence-electron chi connectivity index (χ3n) is 2.67. The van der Waals surface area contributed by atoms with E-state index < -0.39 is 19.0 Å². The van der Waals surface area contributed by atoms with Gasteiger partial charge >= 0.3 is 0 Å². The summed E-state index contributed by atoms with van der Waals surface area (Å²) < 4.78 is 25.3. The molecule has 1 aliphatic rings. The summed E-state index contributed by atoms with van der Waals surface area (Å²) in [6.07, 6.45) is 0.356. The largest absolute Gasteiger partial charge is 0.318 e. The van der Waals surface area contributed by atoms with Gasteiger partial charge in [-0.1, -0.05) is 0 Å². The normalized spacial score (nSPS) is 25.1. The van der Waals surface area contributed by atoms with E-state index in [0.717, 1.165) is 4.68 Å². The van der Waals surface area contributed by atoms with Gasteiger partial charge in [0.25, 0.3) is 6.43 Å². The van der Waals surface area contributed by atoms with Crippen LogP contribution in [0.5, 0.6) is 0 Å². The zero-order valence-corrected chi connectivity index (χ0v) is 8.68. The number of carbonyl (C=O) groups excluding carboxylic acids is 1. The summed E-state index contributed by atoms with van der Waals surface area (Å²) in [5.74, 6) is -0.205. The number of amides is 1. The number of β-lactam (4-membered cyclic amide) rings is 1. The van der Waals surface area contributed by atoms with Gasteiger partial charge in [-0.3, -0.25) is 9.48 Å². The van der Waals surface area contributed by atoms with Crippen LogP contribution >= 0.6 is 0 Å². The molecule has 88 valence electrons. The van der Waals surface area contributed by atoms with Crippen LogP contribution in [0.2, 0.25) is 0 Å². The Kier molecular flexibility index (Phi) is 2.63. The van der Waals surface area contributed by atoms with E-state index in [4.69, 9.17) is 5.73 Å². The number of aromatic nitrogens is 2. The number of hydrogen-bond donors (Lipinski definition) is 1. The molecule has 0 aliphatic carbocycles. The van der Waals surface area contributed by atoms with Crippen molar-refractivity contribution in [1.82, 2.24) is 9.78 Å². The summed E-state index contributed by atoms with van der Waals surface area (Å²) in [5, 5.41) is 3.76. The predicted molar refractivity (Wildman–Crippen MR) is 53.2 cm³/mol. The molecule has 1 fully saturated rings. The molecule has 0 radical (unpaired) electrons. The van der Waals surface area contributed by atoms with E-state index in [9.17, 15) is 13.6 Å². The van der Waals surface area contributed by atoms with Crippen LogP contribution in [0.15, 0.2) is 12.4 Å². The summed E-state index contributed by atoms with van der Waals surface area (Å²) in [6.45, 7) is 1.33. The zero-order chi connectivity index (χ0) is 11.9. The van der Waals surface area contributed by atoms with E-state index >= 15 is 0 Å². The molecular weight excluding hydrogens is 218 g/mol. The highest BCUT2D eigenvalue weighted by atomic mass is 19.3. The van der Waals surface area contributed by atoms with Gasteiger partial charge in [-0.25, -0.2) is 8.78 Å². The molecule has 1 saturated heterocycles. The van der Waals surface area contributed by atoms with Crippen LogP contribution in [0.1, 0.15) is 6.92 Å². The van der Waals surface area contributed by atoms with Crippen molar-refractivity contribution >= 4 is 11.6 Å². The second kappa shape index (κ2) is 3.82. The molecule has 0 aromatic carbocycles. The van der Waals surface area contributed by atoms with Gasteiger partial charge in [0.2, 0.25) is 5.91 Å². The minimum absolute atomic E-state index is 0.114. The maximum absolute atomic E-state index is 12.1. The van der Waals surface area contributed by atoms with E-state index in [1.165, 1.54) is 17.3 Å². The second-order valence-corrected chi connectivity index (χ2v) is 3.79. The molecular formula is C9H12F2N4O. The lowest BCUT2D eigenvalue weighted by Crippen LogP contribution is -2.67. The Morgan fingerprint density at radius 3 is 2.88 bits per heavy atom. The highest BCUT2D eigenvalue weighted by molar-refractivity contribution is 6.05. The maximum atomic E-state index is 12.1. The number of anilines is 1. The Balaban J connectivity index is 2.11. The van der Waals surface area contributed by atoms with Gasteiger partial charge in [0, 0.05) is 6.20 Å². The van der Waals surface area contributed by atoms with Gasteiger partial charge in [-0.05, 0) is 6.92 Å². The van der Waals surface area contributed by atoms with E-state index in [1.54, 1.807) is 6.92 Å². The summed E-state index contributed by atoms with van der Waals surface area (Å²) >= 11 is 0. The number of halogens is 2. The van der Waals surface area contributed by atoms with Crippen LogP contribution in [0.3, 0.4) is 0 Å². The molecule has 2 atom stereocenters. The topological polar surface area (TPSA) is 64.2 Å². The quantitative estimate of drug-likeness (QED) is 0.755. The van der Waals surface area contributed by atoms with Gasteiger partial charge < -0.3 is 10.6 Å². The van der Waals surface area contributed by atoms with Crippen LogP contribution in [-0.2, 0) is 11.3 Å². The van der Waals surface area contributed by atoms with Crippen molar-refractivity contribution in [1.29, 1.82) is 0 Å². The lowest BCUT2D eigenvalue weighted by molar-refractivity contribution is -0.125. The first-order valence-electron chi connectivity index (χ1n) is 4.90. The molecule has 1 aromatic rings. The average Bonchev–Trinajstić information content (AvgIpc) is 2.65. The van der Waals surface area contributed by atoms with E-state index in [1.807, 2.05) is 0 Å². The summed E-state index contributed by atoms with van der Waals surface area (Å²) in [6, 6.07) is -0.616. The van der Waals surface area contributed by atoms with Crippen molar-refractivity contribution in [2.24, 2.45) is 5.73 Å². The molecule has 1 amide bonds. The average molecular weight is 230 g/mol. The fraction of sp³-hybridized carbons (Fsp3) is 0.556. The van der Waals surface area contributed by atoms with Crippen molar-refractivity contribution in [3.63, 3.8) is 0 Å². The number of nitrogens with two attached hydrogens (primary N) is 1. The molecule has 2 N–H and O–H groups in total. The van der Waals surface area contributed by atoms with E-state index in [-0.39, 0.29) is 11.9 Å². The molecule has 1 aliphatic heterocycles. The fourth-order valence-corrected chi connectivity index (χ4v) is 1.73. The van der Waals surface area contributed by atoms with E-state index in [2.05, 4.69) is 5.10 Å². The molecule has 0 unspecified atom stereocenters. The van der Waals surface area contributed by atoms with Crippen molar-refractivity contribution in [3.05, 3.63) is 12.4 Å². The standard InChI is InChI=1S/C9H12F2N4O/c1-5-8(12)9(16)15(5)6-2-13-14(3-6)4-7(10)11/h2-3,5,7-8H,4,12H2,1H3/t5-,8+/m0/s1. The number of rotatable bonds is 3. The van der Waals surface area contributed by atoms with E-state index in [0.29, 0.717) is 5.69 Å². The molecule has 2 heterocycles. The Morgan fingerprint density at radius 1 is 1.62 bits per heavy atom. The second-order valence-electron chi connectivity index (χ2n) is 3.79. The molecule has 0 saturated carbocycles. The number of alkyl halides is 2. The fourth-order valence-electron chi connectivity index (χ4n) is 1.73. The lowest BCUT2D eigenvalue weighted by Gasteiger charge is -2.42. The molecule has 5 nitrogen and oxygen atoms in total. The lowest BCUT2D eigenvalue weighted by atomic mass is 9.97. The number of carbonyl (C=O) groups is 1. The Labute approximate surface area is 90.8 Å². The predicted octanol–water partition coefficient (Wildman–Crippen LogP) is 0.211. The van der Waals surface area contributed by atoms with Gasteiger partial charge in [-0.15, -0.1) is 0 Å². The third kappa shape index (κ3) is 1.67. The van der Waals surface area contributed by atoms with Crippen LogP contribution < -0.4 is 10.6 Å². The Bertz CT molecular complexity index is 406. The molecule has 7 heteroatoms. The van der Waals surface area contributed by atoms with Gasteiger partial charge in [-0.2, -0.15) is 5.10 Å². The number of hydrogen-bond acceptors (Lipinski definition) is 3. The minimum Gasteiger partial charge on any atom is -0.318 e. The monoisotopic (exact) mass is 230 g/mol. The first kappa shape index (κ1) is 11.0. The molecule has 1 aromatic heterocycles. The molecule has 2 rings (SSSR count). The van der Waals surface area contributed by atoms with Crippen LogP contribution in [0.25, 0.3) is 0 Å². The van der Waals surface area contributed by atoms with Gasteiger partial charge in [0.15, 0.2) is 0 Å². The van der Waals surface area contributed by atoms with Crippen molar-refractivity contribution in [2.75, 3.05) is 4.90 Å². The van der Waals surface area contributed by atoms with Crippen LogP contribution in [-0.4, -0.2) is 34.2 Å². The van der Waals surface area contributed by atoms with Crippen LogP contribution in [0.4, 0.5) is 14.5 Å². The van der Waals surface area contributed by atoms with Crippen molar-refractivity contribution in [3.8, 4) is 0 Å². The van der Waals surface area contributed by atoms with Crippen molar-refractivity contribution in [2.45, 2.75) is 32.0 Å². The first-order chi connectivity index (χ1) is 7.50. The number of nitrogens with zero attached hydrogens (tertiary/aromatic N) is 3. The highest BCUT2D eigenvalue weighted by Gasteiger charge is 2.43. The molecule has 0 spiro atoms. The summed E-state index contributed by atoms with van der Waals surface area (Å²) in [5.41, 5.74) is 6.06. The SMILES string of the molecule is C[C@H]1[C@@H](N)C(=O)N1c1cnn(CC(F)F)c1. The third-order valence-corrected chi connectivity index (χ3v) is 2.67. The highest BCUT2D eigenvalue weighted by Crippen LogP contribution is 2.26. The van der Waals surface area contributed by atoms with Crippen molar-refractivity contribution < 1.29 is 13.6 Å². The molecule has 0 bridgehead atoms. The Hall–Kier alpha value is -1.50. The van der Waals surface area contributed by atoms with Gasteiger partial charge in [0.1, 0.15) is 12.6 Å². The summed E-state index contributed by atoms with van der Waals surface area (Å²) in [7, 11) is 0. The first-order valence-corrected chi connectivity index (χ1v) is 4.90. The Morgan fingerprint density at radius 2 is 2.31 bits per heavy atom. The smallest absolute Gasteiger partial charge is 0.257 e.